The van der Waals surface area contributed by atoms with Crippen molar-refractivity contribution < 1.29 is 8.42 Å². The largest absolute Gasteiger partial charge is 0.350 e. The van der Waals surface area contributed by atoms with E-state index in [9.17, 15) is 8.42 Å². The lowest BCUT2D eigenvalue weighted by molar-refractivity contribution is 0.422. The van der Waals surface area contributed by atoms with Crippen molar-refractivity contribution in [2.75, 3.05) is 41.4 Å². The molecule has 2 aromatic rings. The molecule has 2 fully saturated rings. The quantitative estimate of drug-likeness (QED) is 0.805. The molecule has 26 heavy (non-hydrogen) atoms. The number of nitrogens with one attached hydrogen (secondary N) is 1. The van der Waals surface area contributed by atoms with Gasteiger partial charge in [-0.3, -0.25) is 4.98 Å². The number of pyridine rings is 1. The van der Waals surface area contributed by atoms with Gasteiger partial charge in [0.2, 0.25) is 5.95 Å². The third kappa shape index (κ3) is 3.49. The second-order valence-electron chi connectivity index (χ2n) is 6.83. The molecule has 1 N–H and O–H groups in total. The van der Waals surface area contributed by atoms with Crippen LogP contribution in [0.2, 0.25) is 0 Å². The Balaban J connectivity index is 1.55. The van der Waals surface area contributed by atoms with Crippen LogP contribution in [0, 0.1) is 0 Å². The molecule has 0 bridgehead atoms. The maximum Gasteiger partial charge on any atom is 0.227 e. The van der Waals surface area contributed by atoms with Gasteiger partial charge in [0, 0.05) is 51.3 Å². The average molecular weight is 374 g/mol. The Hall–Kier alpha value is -2.26. The van der Waals surface area contributed by atoms with Crippen LogP contribution in [-0.2, 0) is 16.4 Å². The Labute approximate surface area is 153 Å². The molecule has 0 spiro atoms. The van der Waals surface area contributed by atoms with Gasteiger partial charge < -0.3 is 15.1 Å². The van der Waals surface area contributed by atoms with E-state index >= 15 is 0 Å². The van der Waals surface area contributed by atoms with Crippen molar-refractivity contribution >= 4 is 21.6 Å². The fraction of sp³-hybridized carbons (Fsp3) is 0.471. The summed E-state index contributed by atoms with van der Waals surface area (Å²) in [5.74, 6) is 1.77. The molecule has 9 heteroatoms. The van der Waals surface area contributed by atoms with Gasteiger partial charge in [-0.15, -0.1) is 0 Å². The highest BCUT2D eigenvalue weighted by molar-refractivity contribution is 7.91. The van der Waals surface area contributed by atoms with Gasteiger partial charge in [-0.1, -0.05) is 6.07 Å². The molecule has 2 aromatic heterocycles. The Bertz CT molecular complexity index is 876. The molecule has 4 rings (SSSR count). The highest BCUT2D eigenvalue weighted by Gasteiger charge is 2.43. The molecule has 2 saturated heterocycles. The van der Waals surface area contributed by atoms with Crippen LogP contribution >= 0.6 is 0 Å². The van der Waals surface area contributed by atoms with E-state index in [1.807, 2.05) is 36.3 Å². The van der Waals surface area contributed by atoms with Crippen LogP contribution < -0.4 is 15.1 Å². The molecular formula is C17H22N6O2S. The minimum Gasteiger partial charge on any atom is -0.350 e. The van der Waals surface area contributed by atoms with Gasteiger partial charge in [0.15, 0.2) is 9.84 Å². The highest BCUT2D eigenvalue weighted by atomic mass is 32.2. The number of aromatic nitrogens is 3. The van der Waals surface area contributed by atoms with Crippen LogP contribution in [0.4, 0.5) is 11.8 Å². The summed E-state index contributed by atoms with van der Waals surface area (Å²) < 4.78 is 24.1. The molecule has 2 aliphatic heterocycles. The van der Waals surface area contributed by atoms with Gasteiger partial charge in [0.05, 0.1) is 17.5 Å². The molecule has 0 radical (unpaired) electrons. The molecule has 8 nitrogen and oxygen atoms in total. The van der Waals surface area contributed by atoms with Crippen LogP contribution in [0.25, 0.3) is 0 Å². The van der Waals surface area contributed by atoms with Gasteiger partial charge in [-0.05, 0) is 17.7 Å². The molecule has 2 aliphatic rings. The van der Waals surface area contributed by atoms with E-state index in [2.05, 4.69) is 20.2 Å². The standard InChI is InChI=1S/C17H22N6O2S/c1-22(10-13-3-2-5-18-9-13)17-20-6-4-16(21-17)23-8-7-19-14-11-26(24,25)12-15(14)23/h2-6,9,14-15,19H,7-8,10-12H2,1H3/t14-,15+/m0/s1. The van der Waals surface area contributed by atoms with E-state index in [0.717, 1.165) is 24.5 Å². The summed E-state index contributed by atoms with van der Waals surface area (Å²) in [5.41, 5.74) is 1.08. The van der Waals surface area contributed by atoms with Crippen molar-refractivity contribution in [1.82, 2.24) is 20.3 Å². The zero-order valence-electron chi connectivity index (χ0n) is 14.6. The van der Waals surface area contributed by atoms with E-state index < -0.39 is 9.84 Å². The first-order chi connectivity index (χ1) is 12.5. The number of anilines is 2. The molecule has 0 aliphatic carbocycles. The molecule has 2 atom stereocenters. The van der Waals surface area contributed by atoms with Crippen molar-refractivity contribution in [3.63, 3.8) is 0 Å². The van der Waals surface area contributed by atoms with Crippen molar-refractivity contribution in [2.24, 2.45) is 0 Å². The number of rotatable bonds is 4. The maximum absolute atomic E-state index is 12.0. The predicted octanol–water partition coefficient (Wildman–Crippen LogP) is 0.0832. The van der Waals surface area contributed by atoms with Crippen molar-refractivity contribution in [1.29, 1.82) is 0 Å². The zero-order valence-corrected chi connectivity index (χ0v) is 15.4. The third-order valence-corrected chi connectivity index (χ3v) is 6.60. The van der Waals surface area contributed by atoms with Gasteiger partial charge in [0.25, 0.3) is 0 Å². The fourth-order valence-electron chi connectivity index (χ4n) is 3.67. The van der Waals surface area contributed by atoms with E-state index in [-0.39, 0.29) is 23.6 Å². The van der Waals surface area contributed by atoms with E-state index in [4.69, 9.17) is 4.98 Å². The van der Waals surface area contributed by atoms with Crippen LogP contribution in [0.1, 0.15) is 5.56 Å². The lowest BCUT2D eigenvalue weighted by Gasteiger charge is -2.38. The predicted molar refractivity (Wildman–Crippen MR) is 100.0 cm³/mol. The zero-order chi connectivity index (χ0) is 18.1. The SMILES string of the molecule is CN(Cc1cccnc1)c1nccc(N2CCN[C@H]3CS(=O)(=O)C[C@H]32)n1. The van der Waals surface area contributed by atoms with Gasteiger partial charge in [-0.2, -0.15) is 4.98 Å². The van der Waals surface area contributed by atoms with Crippen LogP contribution in [-0.4, -0.2) is 67.1 Å². The van der Waals surface area contributed by atoms with E-state index in [1.54, 1.807) is 12.4 Å². The summed E-state index contributed by atoms with van der Waals surface area (Å²) in [7, 11) is -1.06. The topological polar surface area (TPSA) is 91.3 Å². The van der Waals surface area contributed by atoms with E-state index in [1.165, 1.54) is 0 Å². The van der Waals surface area contributed by atoms with Crippen LogP contribution in [0.5, 0.6) is 0 Å². The third-order valence-electron chi connectivity index (χ3n) is 4.89. The summed E-state index contributed by atoms with van der Waals surface area (Å²) in [6, 6.07) is 5.68. The minimum absolute atomic E-state index is 0.0275. The lowest BCUT2D eigenvalue weighted by Crippen LogP contribution is -2.57. The van der Waals surface area contributed by atoms with Gasteiger partial charge in [-0.25, -0.2) is 13.4 Å². The van der Waals surface area contributed by atoms with Crippen LogP contribution in [0.3, 0.4) is 0 Å². The summed E-state index contributed by atoms with van der Waals surface area (Å²) in [4.78, 5) is 17.3. The minimum atomic E-state index is -3.00. The number of piperazine rings is 1. The van der Waals surface area contributed by atoms with Crippen molar-refractivity contribution in [3.05, 3.63) is 42.4 Å². The molecule has 0 unspecified atom stereocenters. The number of hydrogen-bond donors (Lipinski definition) is 1. The molecule has 0 amide bonds. The smallest absolute Gasteiger partial charge is 0.227 e. The molecule has 138 valence electrons. The number of fused-ring (bicyclic) bond motifs is 1. The van der Waals surface area contributed by atoms with Gasteiger partial charge in [0.1, 0.15) is 5.82 Å². The van der Waals surface area contributed by atoms with Crippen LogP contribution in [0.15, 0.2) is 36.8 Å². The van der Waals surface area contributed by atoms with E-state index in [0.29, 0.717) is 12.5 Å². The fourth-order valence-corrected chi connectivity index (χ4v) is 5.63. The Morgan fingerprint density at radius 3 is 3.00 bits per heavy atom. The maximum atomic E-state index is 12.0. The van der Waals surface area contributed by atoms with Crippen molar-refractivity contribution in [3.8, 4) is 0 Å². The molecule has 4 heterocycles. The second-order valence-corrected chi connectivity index (χ2v) is 8.98. The summed E-state index contributed by atoms with van der Waals surface area (Å²) in [5, 5.41) is 3.32. The highest BCUT2D eigenvalue weighted by Crippen LogP contribution is 2.26. The Morgan fingerprint density at radius 2 is 2.19 bits per heavy atom. The molecule has 0 saturated carbocycles. The number of sulfone groups is 1. The first-order valence-corrected chi connectivity index (χ1v) is 10.5. The number of hydrogen-bond acceptors (Lipinski definition) is 8. The monoisotopic (exact) mass is 374 g/mol. The normalized spacial score (nSPS) is 24.3. The van der Waals surface area contributed by atoms with Gasteiger partial charge >= 0.3 is 0 Å². The first kappa shape index (κ1) is 17.2. The Morgan fingerprint density at radius 1 is 1.31 bits per heavy atom. The number of nitrogens with zero attached hydrogens (tertiary/aromatic N) is 5. The summed E-state index contributed by atoms with van der Waals surface area (Å²) in [6.07, 6.45) is 5.31. The van der Waals surface area contributed by atoms with Crippen molar-refractivity contribution in [2.45, 2.75) is 18.6 Å². The summed E-state index contributed by atoms with van der Waals surface area (Å²) in [6.45, 7) is 2.14. The summed E-state index contributed by atoms with van der Waals surface area (Å²) >= 11 is 0. The first-order valence-electron chi connectivity index (χ1n) is 8.65. The molecule has 0 aromatic carbocycles. The Kier molecular flexibility index (Phi) is 4.49. The lowest BCUT2D eigenvalue weighted by atomic mass is 10.1. The molecular weight excluding hydrogens is 352 g/mol. The average Bonchev–Trinajstić information content (AvgIpc) is 2.96. The second kappa shape index (κ2) is 6.81.